The van der Waals surface area contributed by atoms with Crippen molar-refractivity contribution in [3.05, 3.63) is 51.0 Å². The summed E-state index contributed by atoms with van der Waals surface area (Å²) in [6.45, 7) is 0. The third kappa shape index (κ3) is 2.66. The fourth-order valence-electron chi connectivity index (χ4n) is 1.71. The van der Waals surface area contributed by atoms with Crippen LogP contribution in [0.3, 0.4) is 0 Å². The second-order valence-electron chi connectivity index (χ2n) is 3.70. The minimum Gasteiger partial charge on any atom is -0.261 e. The van der Waals surface area contributed by atoms with Crippen molar-refractivity contribution in [2.45, 2.75) is 6.42 Å². The first-order chi connectivity index (χ1) is 9.06. The molecule has 2 rings (SSSR count). The summed E-state index contributed by atoms with van der Waals surface area (Å²) in [5, 5.41) is 9.61. The van der Waals surface area contributed by atoms with Crippen molar-refractivity contribution in [1.29, 1.82) is 5.26 Å². The van der Waals surface area contributed by atoms with E-state index in [2.05, 4.69) is 4.98 Å². The predicted molar refractivity (Wildman–Crippen MR) is 74.0 cm³/mol. The first-order valence-electron chi connectivity index (χ1n) is 5.19. The molecule has 1 aromatic heterocycles. The lowest BCUT2D eigenvalue weighted by molar-refractivity contribution is 0.609. The van der Waals surface area contributed by atoms with Gasteiger partial charge >= 0.3 is 0 Å². The molecule has 1 heterocycles. The van der Waals surface area contributed by atoms with Gasteiger partial charge in [0, 0.05) is 22.9 Å². The molecule has 96 valence electrons. The molecule has 19 heavy (non-hydrogen) atoms. The summed E-state index contributed by atoms with van der Waals surface area (Å²) >= 11 is 18.1. The number of hydrogen-bond acceptors (Lipinski definition) is 2. The number of benzene rings is 1. The van der Waals surface area contributed by atoms with Crippen LogP contribution < -0.4 is 0 Å². The predicted octanol–water partition coefficient (Wildman–Crippen LogP) is 4.91. The first kappa shape index (κ1) is 14.1. The minimum atomic E-state index is -0.578. The van der Waals surface area contributed by atoms with E-state index in [1.165, 1.54) is 6.20 Å². The van der Waals surface area contributed by atoms with E-state index in [1.54, 1.807) is 12.1 Å². The zero-order valence-corrected chi connectivity index (χ0v) is 11.7. The monoisotopic (exact) mass is 314 g/mol. The molecule has 0 unspecified atom stereocenters. The highest BCUT2D eigenvalue weighted by Gasteiger charge is 2.17. The average molecular weight is 316 g/mol. The summed E-state index contributed by atoms with van der Waals surface area (Å²) in [7, 11) is 0. The third-order valence-corrected chi connectivity index (χ3v) is 3.69. The second-order valence-corrected chi connectivity index (χ2v) is 4.89. The van der Waals surface area contributed by atoms with Gasteiger partial charge in [-0.1, -0.05) is 34.8 Å². The van der Waals surface area contributed by atoms with Crippen LogP contribution in [0.2, 0.25) is 15.1 Å². The Morgan fingerprint density at radius 3 is 2.53 bits per heavy atom. The van der Waals surface area contributed by atoms with E-state index >= 15 is 0 Å². The highest BCUT2D eigenvalue weighted by Crippen LogP contribution is 2.40. The van der Waals surface area contributed by atoms with Gasteiger partial charge in [-0.25, -0.2) is 4.39 Å². The summed E-state index contributed by atoms with van der Waals surface area (Å²) in [6, 6.07) is 5.01. The number of nitrogens with zero attached hydrogens (tertiary/aromatic N) is 2. The van der Waals surface area contributed by atoms with E-state index < -0.39 is 5.82 Å². The van der Waals surface area contributed by atoms with Gasteiger partial charge in [-0.15, -0.1) is 0 Å². The maximum Gasteiger partial charge on any atom is 0.146 e. The summed E-state index contributed by atoms with van der Waals surface area (Å²) in [5.41, 5.74) is 0.954. The number of pyridine rings is 1. The largest absolute Gasteiger partial charge is 0.261 e. The van der Waals surface area contributed by atoms with Gasteiger partial charge in [0.05, 0.1) is 33.8 Å². The Morgan fingerprint density at radius 2 is 1.84 bits per heavy atom. The van der Waals surface area contributed by atoms with Crippen LogP contribution in [-0.4, -0.2) is 4.98 Å². The standard InChI is InChI=1S/C13H6Cl3FN2/c14-9-1-2-10(15)13(16)12(9)8-5-19-6-11(17)7(8)3-4-18/h1-2,5-6H,3H2. The molecule has 0 fully saturated rings. The van der Waals surface area contributed by atoms with Crippen molar-refractivity contribution in [3.8, 4) is 17.2 Å². The van der Waals surface area contributed by atoms with Crippen molar-refractivity contribution < 1.29 is 4.39 Å². The van der Waals surface area contributed by atoms with E-state index in [9.17, 15) is 4.39 Å². The molecule has 2 aromatic rings. The molecule has 2 nitrogen and oxygen atoms in total. The van der Waals surface area contributed by atoms with Gasteiger partial charge in [-0.3, -0.25) is 4.98 Å². The van der Waals surface area contributed by atoms with Gasteiger partial charge in [0.1, 0.15) is 5.82 Å². The van der Waals surface area contributed by atoms with Crippen LogP contribution in [0.1, 0.15) is 5.56 Å². The Kier molecular flexibility index (Phi) is 4.26. The summed E-state index contributed by atoms with van der Waals surface area (Å²) in [5.74, 6) is -0.578. The van der Waals surface area contributed by atoms with Crippen molar-refractivity contribution in [1.82, 2.24) is 4.98 Å². The van der Waals surface area contributed by atoms with Gasteiger partial charge in [-0.2, -0.15) is 5.26 Å². The molecule has 0 N–H and O–H groups in total. The molecule has 0 atom stereocenters. The van der Waals surface area contributed by atoms with E-state index in [0.29, 0.717) is 21.2 Å². The van der Waals surface area contributed by atoms with Crippen LogP contribution in [-0.2, 0) is 6.42 Å². The van der Waals surface area contributed by atoms with Gasteiger partial charge in [0.15, 0.2) is 0 Å². The smallest absolute Gasteiger partial charge is 0.146 e. The van der Waals surface area contributed by atoms with Crippen molar-refractivity contribution in [2.24, 2.45) is 0 Å². The highest BCUT2D eigenvalue weighted by molar-refractivity contribution is 6.46. The molecule has 0 bridgehead atoms. The van der Waals surface area contributed by atoms with E-state index in [4.69, 9.17) is 40.1 Å². The minimum absolute atomic E-state index is 0.108. The Morgan fingerprint density at radius 1 is 1.16 bits per heavy atom. The lowest BCUT2D eigenvalue weighted by Gasteiger charge is -2.12. The molecule has 0 aliphatic carbocycles. The maximum absolute atomic E-state index is 13.8. The quantitative estimate of drug-likeness (QED) is 0.738. The van der Waals surface area contributed by atoms with Crippen LogP contribution >= 0.6 is 34.8 Å². The van der Waals surface area contributed by atoms with Crippen molar-refractivity contribution in [2.75, 3.05) is 0 Å². The molecule has 0 saturated carbocycles. The average Bonchev–Trinajstić information content (AvgIpc) is 2.38. The lowest BCUT2D eigenvalue weighted by Crippen LogP contribution is -1.96. The van der Waals surface area contributed by atoms with Crippen LogP contribution in [0, 0.1) is 17.1 Å². The van der Waals surface area contributed by atoms with Gasteiger partial charge in [0.2, 0.25) is 0 Å². The topological polar surface area (TPSA) is 36.7 Å². The fraction of sp³-hybridized carbons (Fsp3) is 0.0769. The number of aromatic nitrogens is 1. The number of hydrogen-bond donors (Lipinski definition) is 0. The Bertz CT molecular complexity index is 680. The zero-order chi connectivity index (χ0) is 14.0. The molecule has 0 amide bonds. The molecular formula is C13H6Cl3FN2. The number of nitriles is 1. The van der Waals surface area contributed by atoms with Gasteiger partial charge < -0.3 is 0 Å². The first-order valence-corrected chi connectivity index (χ1v) is 6.32. The van der Waals surface area contributed by atoms with Crippen LogP contribution in [0.5, 0.6) is 0 Å². The van der Waals surface area contributed by atoms with E-state index in [1.807, 2.05) is 6.07 Å². The highest BCUT2D eigenvalue weighted by atomic mass is 35.5. The molecular weight excluding hydrogens is 310 g/mol. The molecule has 1 aromatic carbocycles. The van der Waals surface area contributed by atoms with Crippen LogP contribution in [0.25, 0.3) is 11.1 Å². The van der Waals surface area contributed by atoms with Crippen molar-refractivity contribution >= 4 is 34.8 Å². The lowest BCUT2D eigenvalue weighted by atomic mass is 10.00. The summed E-state index contributed by atoms with van der Waals surface area (Å²) < 4.78 is 13.8. The maximum atomic E-state index is 13.8. The van der Waals surface area contributed by atoms with Crippen LogP contribution in [0.15, 0.2) is 24.5 Å². The van der Waals surface area contributed by atoms with E-state index in [-0.39, 0.29) is 17.0 Å². The van der Waals surface area contributed by atoms with Crippen LogP contribution in [0.4, 0.5) is 4.39 Å². The molecule has 0 aliphatic heterocycles. The number of rotatable bonds is 2. The Labute approximate surface area is 124 Å². The summed E-state index contributed by atoms with van der Waals surface area (Å²) in [6.07, 6.45) is 2.35. The normalized spacial score (nSPS) is 10.3. The molecule has 6 heteroatoms. The number of halogens is 4. The van der Waals surface area contributed by atoms with Crippen molar-refractivity contribution in [3.63, 3.8) is 0 Å². The van der Waals surface area contributed by atoms with Gasteiger partial charge in [0.25, 0.3) is 0 Å². The molecule has 0 radical (unpaired) electrons. The zero-order valence-electron chi connectivity index (χ0n) is 9.42. The summed E-state index contributed by atoms with van der Waals surface area (Å²) in [4.78, 5) is 3.77. The van der Waals surface area contributed by atoms with E-state index in [0.717, 1.165) is 6.20 Å². The Balaban J connectivity index is 2.77. The second kappa shape index (κ2) is 5.75. The third-order valence-electron chi connectivity index (χ3n) is 2.57. The molecule has 0 aliphatic rings. The molecule has 0 saturated heterocycles. The molecule has 0 spiro atoms. The Hall–Kier alpha value is -1.34. The van der Waals surface area contributed by atoms with Gasteiger partial charge in [-0.05, 0) is 12.1 Å². The fourth-order valence-corrected chi connectivity index (χ4v) is 2.44. The SMILES string of the molecule is N#CCc1c(F)cncc1-c1c(Cl)ccc(Cl)c1Cl.